The number of anilines is 3. The van der Waals surface area contributed by atoms with E-state index in [0.29, 0.717) is 33.6 Å². The molecule has 0 fully saturated rings. The SMILES string of the molecule is COc1ccccc1C(=O)Nc1nc(CSCC(=O)Nc2ccc(NC(C)=O)cc2)cs1. The molecule has 0 spiro atoms. The third kappa shape index (κ3) is 6.82. The Hall–Kier alpha value is -3.37. The highest BCUT2D eigenvalue weighted by Crippen LogP contribution is 2.23. The number of carbonyl (C=O) groups excluding carboxylic acids is 3. The molecule has 0 unspecified atom stereocenters. The van der Waals surface area contributed by atoms with Crippen molar-refractivity contribution < 1.29 is 19.1 Å². The van der Waals surface area contributed by atoms with Crippen molar-refractivity contribution >= 4 is 57.3 Å². The summed E-state index contributed by atoms with van der Waals surface area (Å²) >= 11 is 2.75. The van der Waals surface area contributed by atoms with Gasteiger partial charge in [0, 0.05) is 29.4 Å². The molecule has 8 nitrogen and oxygen atoms in total. The summed E-state index contributed by atoms with van der Waals surface area (Å²) < 4.78 is 5.21. The lowest BCUT2D eigenvalue weighted by Crippen LogP contribution is -2.14. The van der Waals surface area contributed by atoms with Gasteiger partial charge in [0.1, 0.15) is 5.75 Å². The number of methoxy groups -OCH3 is 1. The zero-order valence-electron chi connectivity index (χ0n) is 17.5. The van der Waals surface area contributed by atoms with Crippen molar-refractivity contribution in [2.24, 2.45) is 0 Å². The van der Waals surface area contributed by atoms with Crippen molar-refractivity contribution in [1.29, 1.82) is 0 Å². The second-order valence-corrected chi connectivity index (χ2v) is 8.44. The van der Waals surface area contributed by atoms with Gasteiger partial charge < -0.3 is 15.4 Å². The van der Waals surface area contributed by atoms with Crippen LogP contribution in [0.5, 0.6) is 5.75 Å². The molecule has 1 aromatic heterocycles. The fourth-order valence-corrected chi connectivity index (χ4v) is 4.24. The third-order valence-corrected chi connectivity index (χ3v) is 5.87. The molecule has 3 N–H and O–H groups in total. The lowest BCUT2D eigenvalue weighted by atomic mass is 10.2. The van der Waals surface area contributed by atoms with E-state index in [1.165, 1.54) is 37.1 Å². The molecule has 0 bridgehead atoms. The summed E-state index contributed by atoms with van der Waals surface area (Å²) in [5, 5.41) is 10.6. The Morgan fingerprint density at radius 1 is 1.00 bits per heavy atom. The van der Waals surface area contributed by atoms with Crippen LogP contribution < -0.4 is 20.7 Å². The average molecular weight is 471 g/mol. The number of nitrogens with zero attached hydrogens (tertiary/aromatic N) is 1. The van der Waals surface area contributed by atoms with Crippen molar-refractivity contribution in [1.82, 2.24) is 4.98 Å². The number of rotatable bonds is 9. The van der Waals surface area contributed by atoms with E-state index in [4.69, 9.17) is 4.74 Å². The number of thioether (sulfide) groups is 1. The third-order valence-electron chi connectivity index (χ3n) is 4.10. The van der Waals surface area contributed by atoms with Gasteiger partial charge in [0.05, 0.1) is 24.1 Å². The van der Waals surface area contributed by atoms with Gasteiger partial charge in [-0.2, -0.15) is 0 Å². The first-order valence-electron chi connectivity index (χ1n) is 9.58. The topological polar surface area (TPSA) is 109 Å². The summed E-state index contributed by atoms with van der Waals surface area (Å²) in [6, 6.07) is 13.9. The molecule has 3 aromatic rings. The van der Waals surface area contributed by atoms with Gasteiger partial charge in [-0.15, -0.1) is 23.1 Å². The molecule has 0 aliphatic carbocycles. The molecule has 166 valence electrons. The Labute approximate surface area is 193 Å². The Morgan fingerprint density at radius 3 is 2.38 bits per heavy atom. The standard InChI is InChI=1S/C22H22N4O4S2/c1-14(27)23-15-7-9-16(10-8-15)24-20(28)13-31-11-17-12-32-22(25-17)26-21(29)18-5-3-4-6-19(18)30-2/h3-10,12H,11,13H2,1-2H3,(H,23,27)(H,24,28)(H,25,26,29). The van der Waals surface area contributed by atoms with Gasteiger partial charge in [-0.1, -0.05) is 12.1 Å². The van der Waals surface area contributed by atoms with E-state index in [2.05, 4.69) is 20.9 Å². The van der Waals surface area contributed by atoms with E-state index in [0.717, 1.165) is 5.69 Å². The van der Waals surface area contributed by atoms with E-state index in [1.54, 1.807) is 48.5 Å². The molecule has 10 heteroatoms. The summed E-state index contributed by atoms with van der Waals surface area (Å²) in [6.07, 6.45) is 0. The predicted octanol–water partition coefficient (Wildman–Crippen LogP) is 4.23. The van der Waals surface area contributed by atoms with Crippen LogP contribution in [0, 0.1) is 0 Å². The van der Waals surface area contributed by atoms with Gasteiger partial charge in [-0.3, -0.25) is 19.7 Å². The number of hydrogen-bond acceptors (Lipinski definition) is 7. The Bertz CT molecular complexity index is 1100. The number of ether oxygens (including phenoxy) is 1. The molecular formula is C22H22N4O4S2. The van der Waals surface area contributed by atoms with Crippen LogP contribution in [0.1, 0.15) is 23.0 Å². The molecule has 0 aliphatic rings. The Kier molecular flexibility index (Phi) is 8.23. The minimum absolute atomic E-state index is 0.137. The fourth-order valence-electron chi connectivity index (χ4n) is 2.71. The number of aromatic nitrogens is 1. The number of thiazole rings is 1. The molecule has 3 amide bonds. The smallest absolute Gasteiger partial charge is 0.261 e. The largest absolute Gasteiger partial charge is 0.496 e. The number of para-hydroxylation sites is 1. The van der Waals surface area contributed by atoms with Crippen LogP contribution in [0.3, 0.4) is 0 Å². The summed E-state index contributed by atoms with van der Waals surface area (Å²) in [6.45, 7) is 1.44. The molecule has 2 aromatic carbocycles. The van der Waals surface area contributed by atoms with E-state index >= 15 is 0 Å². The minimum Gasteiger partial charge on any atom is -0.496 e. The van der Waals surface area contributed by atoms with Crippen LogP contribution in [0.15, 0.2) is 53.9 Å². The second kappa shape index (κ2) is 11.3. The van der Waals surface area contributed by atoms with Gasteiger partial charge in [0.2, 0.25) is 11.8 Å². The summed E-state index contributed by atoms with van der Waals surface area (Å²) in [5.74, 6) is 0.710. The first-order chi connectivity index (χ1) is 15.4. The molecule has 0 atom stereocenters. The average Bonchev–Trinajstić information content (AvgIpc) is 3.21. The summed E-state index contributed by atoms with van der Waals surface area (Å²) in [7, 11) is 1.52. The second-order valence-electron chi connectivity index (χ2n) is 6.60. The van der Waals surface area contributed by atoms with Crippen molar-refractivity contribution in [3.63, 3.8) is 0 Å². The number of hydrogen-bond donors (Lipinski definition) is 3. The van der Waals surface area contributed by atoms with E-state index in [9.17, 15) is 14.4 Å². The molecule has 0 saturated heterocycles. The van der Waals surface area contributed by atoms with Crippen LogP contribution in [0.4, 0.5) is 16.5 Å². The number of nitrogens with one attached hydrogen (secondary N) is 3. The maximum absolute atomic E-state index is 12.5. The van der Waals surface area contributed by atoms with E-state index in [1.807, 2.05) is 5.38 Å². The van der Waals surface area contributed by atoms with Crippen LogP contribution in [0.25, 0.3) is 0 Å². The Balaban J connectivity index is 1.44. The van der Waals surface area contributed by atoms with Crippen LogP contribution in [-0.2, 0) is 15.3 Å². The zero-order chi connectivity index (χ0) is 22.9. The van der Waals surface area contributed by atoms with Gasteiger partial charge in [0.15, 0.2) is 5.13 Å². The van der Waals surface area contributed by atoms with Crippen LogP contribution >= 0.6 is 23.1 Å². The molecule has 0 aliphatic heterocycles. The fraction of sp³-hybridized carbons (Fsp3) is 0.182. The van der Waals surface area contributed by atoms with Gasteiger partial charge in [-0.25, -0.2) is 4.98 Å². The highest BCUT2D eigenvalue weighted by atomic mass is 32.2. The number of carbonyl (C=O) groups is 3. The maximum Gasteiger partial charge on any atom is 0.261 e. The number of amides is 3. The predicted molar refractivity (Wildman–Crippen MR) is 129 cm³/mol. The molecular weight excluding hydrogens is 448 g/mol. The molecule has 3 rings (SSSR count). The minimum atomic E-state index is -0.292. The highest BCUT2D eigenvalue weighted by molar-refractivity contribution is 7.99. The highest BCUT2D eigenvalue weighted by Gasteiger charge is 2.13. The van der Waals surface area contributed by atoms with Crippen LogP contribution in [0.2, 0.25) is 0 Å². The summed E-state index contributed by atoms with van der Waals surface area (Å²) in [5.41, 5.74) is 2.53. The van der Waals surface area contributed by atoms with Gasteiger partial charge in [-0.05, 0) is 36.4 Å². The van der Waals surface area contributed by atoms with Gasteiger partial charge >= 0.3 is 0 Å². The normalized spacial score (nSPS) is 10.3. The quantitative estimate of drug-likeness (QED) is 0.432. The zero-order valence-corrected chi connectivity index (χ0v) is 19.1. The molecule has 0 saturated carbocycles. The van der Waals surface area contributed by atoms with Crippen molar-refractivity contribution in [3.8, 4) is 5.75 Å². The van der Waals surface area contributed by atoms with E-state index < -0.39 is 0 Å². The van der Waals surface area contributed by atoms with Crippen molar-refractivity contribution in [3.05, 3.63) is 65.2 Å². The summed E-state index contributed by atoms with van der Waals surface area (Å²) in [4.78, 5) is 40.0. The van der Waals surface area contributed by atoms with Gasteiger partial charge in [0.25, 0.3) is 5.91 Å². The first-order valence-corrected chi connectivity index (χ1v) is 11.6. The van der Waals surface area contributed by atoms with Crippen LogP contribution in [-0.4, -0.2) is 35.6 Å². The molecule has 1 heterocycles. The van der Waals surface area contributed by atoms with E-state index in [-0.39, 0.29) is 23.5 Å². The lowest BCUT2D eigenvalue weighted by Gasteiger charge is -2.07. The maximum atomic E-state index is 12.5. The molecule has 0 radical (unpaired) electrons. The number of benzene rings is 2. The lowest BCUT2D eigenvalue weighted by molar-refractivity contribution is -0.114. The monoisotopic (exact) mass is 470 g/mol. The van der Waals surface area contributed by atoms with Crippen molar-refractivity contribution in [2.45, 2.75) is 12.7 Å². The Morgan fingerprint density at radius 2 is 1.69 bits per heavy atom. The molecule has 32 heavy (non-hydrogen) atoms. The first kappa shape index (κ1) is 23.3. The van der Waals surface area contributed by atoms with Crippen molar-refractivity contribution in [2.75, 3.05) is 28.8 Å².